The number of hydrogen-bond acceptors (Lipinski definition) is 6. The quantitative estimate of drug-likeness (QED) is 0.413. The summed E-state index contributed by atoms with van der Waals surface area (Å²) in [4.78, 5) is 22.5. The molecule has 1 aliphatic heterocycles. The average molecular weight is 358 g/mol. The minimum Gasteiger partial charge on any atom is -0.504 e. The minimum absolute atomic E-state index is 0.0255. The van der Waals surface area contributed by atoms with Gasteiger partial charge in [-0.05, 0) is 41.5 Å². The van der Waals surface area contributed by atoms with E-state index >= 15 is 0 Å². The Morgan fingerprint density at radius 2 is 1.69 bits per heavy atom. The summed E-state index contributed by atoms with van der Waals surface area (Å²) in [6.45, 7) is 0. The number of benzene rings is 2. The summed E-state index contributed by atoms with van der Waals surface area (Å²) in [6.07, 6.45) is 1.04. The van der Waals surface area contributed by atoms with Crippen molar-refractivity contribution in [3.05, 3.63) is 53.1 Å². The fourth-order valence-corrected chi connectivity index (χ4v) is 2.88. The van der Waals surface area contributed by atoms with Gasteiger partial charge in [-0.25, -0.2) is 4.79 Å². The molecule has 2 atom stereocenters. The first-order chi connectivity index (χ1) is 12.3. The predicted molar refractivity (Wildman–Crippen MR) is 88.3 cm³/mol. The van der Waals surface area contributed by atoms with Crippen LogP contribution >= 0.6 is 0 Å². The zero-order valence-electron chi connectivity index (χ0n) is 13.2. The molecule has 26 heavy (non-hydrogen) atoms. The number of carboxylic acids is 2. The van der Waals surface area contributed by atoms with E-state index in [4.69, 9.17) is 9.84 Å². The third-order valence-corrected chi connectivity index (χ3v) is 4.02. The third kappa shape index (κ3) is 3.00. The Morgan fingerprint density at radius 1 is 0.962 bits per heavy atom. The van der Waals surface area contributed by atoms with Crippen LogP contribution in [0.4, 0.5) is 0 Å². The Kier molecular flexibility index (Phi) is 4.17. The Hall–Kier alpha value is -3.68. The SMILES string of the molecule is O=C(O)/C=C/c1cc(O)c2c(c1)[C@@H](C(=O)O)[C@H](c1ccc(O)c(O)c1)O2. The van der Waals surface area contributed by atoms with E-state index in [1.54, 1.807) is 0 Å². The third-order valence-electron chi connectivity index (χ3n) is 4.02. The molecule has 0 saturated carbocycles. The molecular weight excluding hydrogens is 344 g/mol. The lowest BCUT2D eigenvalue weighted by Gasteiger charge is -2.16. The summed E-state index contributed by atoms with van der Waals surface area (Å²) < 4.78 is 5.61. The molecule has 8 nitrogen and oxygen atoms in total. The second-order valence-corrected chi connectivity index (χ2v) is 5.73. The summed E-state index contributed by atoms with van der Waals surface area (Å²) >= 11 is 0. The van der Waals surface area contributed by atoms with Gasteiger partial charge in [-0.2, -0.15) is 0 Å². The van der Waals surface area contributed by atoms with Crippen LogP contribution in [0.5, 0.6) is 23.0 Å². The van der Waals surface area contributed by atoms with Gasteiger partial charge in [0.2, 0.25) is 0 Å². The Labute approximate surface area is 146 Å². The highest BCUT2D eigenvalue weighted by Gasteiger charge is 2.42. The van der Waals surface area contributed by atoms with Crippen LogP contribution in [0.25, 0.3) is 6.08 Å². The monoisotopic (exact) mass is 358 g/mol. The van der Waals surface area contributed by atoms with E-state index in [0.717, 1.165) is 6.08 Å². The van der Waals surface area contributed by atoms with E-state index in [1.807, 2.05) is 0 Å². The molecule has 0 saturated heterocycles. The van der Waals surface area contributed by atoms with Gasteiger partial charge in [-0.3, -0.25) is 4.79 Å². The molecule has 2 aromatic rings. The number of phenols is 3. The average Bonchev–Trinajstić information content (AvgIpc) is 2.95. The minimum atomic E-state index is -1.22. The van der Waals surface area contributed by atoms with Gasteiger partial charge in [0.1, 0.15) is 12.0 Å². The smallest absolute Gasteiger partial charge is 0.328 e. The van der Waals surface area contributed by atoms with Crippen molar-refractivity contribution in [2.45, 2.75) is 12.0 Å². The van der Waals surface area contributed by atoms with E-state index in [2.05, 4.69) is 0 Å². The summed E-state index contributed by atoms with van der Waals surface area (Å²) in [5.41, 5.74) is 0.777. The van der Waals surface area contributed by atoms with Crippen molar-refractivity contribution in [1.82, 2.24) is 0 Å². The highest BCUT2D eigenvalue weighted by atomic mass is 16.5. The number of hydrogen-bond donors (Lipinski definition) is 5. The second kappa shape index (κ2) is 6.32. The van der Waals surface area contributed by atoms with Crippen LogP contribution in [0.1, 0.15) is 28.7 Å². The summed E-state index contributed by atoms with van der Waals surface area (Å²) in [6, 6.07) is 6.48. The van der Waals surface area contributed by atoms with Crippen LogP contribution < -0.4 is 4.74 Å². The highest BCUT2D eigenvalue weighted by molar-refractivity contribution is 5.86. The molecule has 0 spiro atoms. The number of aromatic hydroxyl groups is 3. The van der Waals surface area contributed by atoms with Gasteiger partial charge >= 0.3 is 11.9 Å². The lowest BCUT2D eigenvalue weighted by molar-refractivity contribution is -0.140. The summed E-state index contributed by atoms with van der Waals surface area (Å²) in [5.74, 6) is -4.75. The highest BCUT2D eigenvalue weighted by Crippen LogP contribution is 2.51. The molecule has 0 amide bonds. The first-order valence-electron chi connectivity index (χ1n) is 7.47. The first kappa shape index (κ1) is 17.2. The normalized spacial score (nSPS) is 18.5. The lowest BCUT2D eigenvalue weighted by atomic mass is 9.90. The molecule has 0 radical (unpaired) electrons. The molecule has 1 aliphatic rings. The van der Waals surface area contributed by atoms with Crippen LogP contribution in [-0.4, -0.2) is 37.5 Å². The topological polar surface area (TPSA) is 145 Å². The van der Waals surface area contributed by atoms with Crippen LogP contribution in [0.2, 0.25) is 0 Å². The number of rotatable bonds is 4. The summed E-state index contributed by atoms with van der Waals surface area (Å²) in [5, 5.41) is 47.6. The fraction of sp³-hybridized carbons (Fsp3) is 0.111. The van der Waals surface area contributed by atoms with Crippen LogP contribution in [-0.2, 0) is 9.59 Å². The van der Waals surface area contributed by atoms with Crippen molar-refractivity contribution in [3.63, 3.8) is 0 Å². The number of aliphatic carboxylic acids is 2. The molecule has 8 heteroatoms. The van der Waals surface area contributed by atoms with E-state index in [0.29, 0.717) is 11.1 Å². The number of phenolic OH excluding ortho intramolecular Hbond substituents is 3. The van der Waals surface area contributed by atoms with E-state index in [1.165, 1.54) is 36.4 Å². The molecule has 0 aromatic heterocycles. The number of ether oxygens (including phenoxy) is 1. The van der Waals surface area contributed by atoms with E-state index in [-0.39, 0.29) is 22.8 Å². The number of carboxylic acid groups (broad SMARTS) is 2. The van der Waals surface area contributed by atoms with Gasteiger partial charge in [0.05, 0.1) is 0 Å². The second-order valence-electron chi connectivity index (χ2n) is 5.73. The lowest BCUT2D eigenvalue weighted by Crippen LogP contribution is -2.18. The molecular formula is C18H14O8. The van der Waals surface area contributed by atoms with Gasteiger partial charge in [0.25, 0.3) is 0 Å². The molecule has 3 rings (SSSR count). The fourth-order valence-electron chi connectivity index (χ4n) is 2.88. The van der Waals surface area contributed by atoms with Gasteiger partial charge in [-0.1, -0.05) is 6.07 Å². The van der Waals surface area contributed by atoms with Crippen molar-refractivity contribution < 1.29 is 39.9 Å². The molecule has 134 valence electrons. The van der Waals surface area contributed by atoms with Crippen LogP contribution in [0, 0.1) is 0 Å². The molecule has 2 aromatic carbocycles. The van der Waals surface area contributed by atoms with Gasteiger partial charge in [0, 0.05) is 11.6 Å². The Balaban J connectivity index is 2.08. The van der Waals surface area contributed by atoms with Gasteiger partial charge in [-0.15, -0.1) is 0 Å². The van der Waals surface area contributed by atoms with Crippen molar-refractivity contribution in [1.29, 1.82) is 0 Å². The standard InChI is InChI=1S/C18H14O8/c19-11-3-2-9(7-12(11)20)16-15(18(24)25)10-5-8(1-4-14(22)23)6-13(21)17(10)26-16/h1-7,15-16,19-21H,(H,22,23)(H,24,25)/b4-1+/t15-,16+/m1/s1. The largest absolute Gasteiger partial charge is 0.504 e. The van der Waals surface area contributed by atoms with Crippen molar-refractivity contribution in [2.75, 3.05) is 0 Å². The maximum absolute atomic E-state index is 11.8. The van der Waals surface area contributed by atoms with E-state index in [9.17, 15) is 30.0 Å². The zero-order valence-corrected chi connectivity index (χ0v) is 13.2. The van der Waals surface area contributed by atoms with Gasteiger partial charge in [0.15, 0.2) is 23.0 Å². The first-order valence-corrected chi connectivity index (χ1v) is 7.47. The Morgan fingerprint density at radius 3 is 2.31 bits per heavy atom. The number of carbonyl (C=O) groups is 2. The maximum Gasteiger partial charge on any atom is 0.328 e. The van der Waals surface area contributed by atoms with Crippen LogP contribution in [0.15, 0.2) is 36.4 Å². The van der Waals surface area contributed by atoms with Crippen molar-refractivity contribution >= 4 is 18.0 Å². The molecule has 5 N–H and O–H groups in total. The van der Waals surface area contributed by atoms with E-state index < -0.39 is 29.7 Å². The van der Waals surface area contributed by atoms with Gasteiger partial charge < -0.3 is 30.3 Å². The van der Waals surface area contributed by atoms with Crippen molar-refractivity contribution in [3.8, 4) is 23.0 Å². The maximum atomic E-state index is 11.8. The predicted octanol–water partition coefficient (Wildman–Crippen LogP) is 2.20. The molecule has 0 bridgehead atoms. The molecule has 0 aliphatic carbocycles. The summed E-state index contributed by atoms with van der Waals surface area (Å²) in [7, 11) is 0. The number of fused-ring (bicyclic) bond motifs is 1. The Bertz CT molecular complexity index is 931. The van der Waals surface area contributed by atoms with Crippen LogP contribution in [0.3, 0.4) is 0 Å². The molecule has 1 heterocycles. The zero-order chi connectivity index (χ0) is 19.0. The molecule has 0 unspecified atom stereocenters. The van der Waals surface area contributed by atoms with Crippen molar-refractivity contribution in [2.24, 2.45) is 0 Å². The molecule has 0 fully saturated rings.